The summed E-state index contributed by atoms with van der Waals surface area (Å²) < 4.78 is 0. The van der Waals surface area contributed by atoms with Gasteiger partial charge in [-0.25, -0.2) is 0 Å². The summed E-state index contributed by atoms with van der Waals surface area (Å²) in [6.07, 6.45) is 0.484. The molecule has 4 heteroatoms. The maximum atomic E-state index is 11.5. The minimum absolute atomic E-state index is 0.0806. The molecule has 1 aromatic rings. The topological polar surface area (TPSA) is 29.1 Å². The first kappa shape index (κ1) is 12.6. The quantitative estimate of drug-likeness (QED) is 0.765. The number of thiophene rings is 1. The highest BCUT2D eigenvalue weighted by molar-refractivity contribution is 7.80. The van der Waals surface area contributed by atoms with Crippen LogP contribution in [0.2, 0.25) is 0 Å². The molecule has 0 aliphatic rings. The minimum Gasteiger partial charge on any atom is -0.348 e. The maximum absolute atomic E-state index is 11.5. The number of carbonyl (C=O) groups is 1. The molecular weight excluding hydrogens is 226 g/mol. The van der Waals surface area contributed by atoms with Crippen LogP contribution in [0.1, 0.15) is 31.2 Å². The smallest absolute Gasteiger partial charge is 0.221 e. The van der Waals surface area contributed by atoms with Crippen LogP contribution in [0.3, 0.4) is 0 Å². The molecule has 1 heterocycles. The highest BCUT2D eigenvalue weighted by Crippen LogP contribution is 2.25. The fourth-order valence-corrected chi connectivity index (χ4v) is 2.53. The van der Waals surface area contributed by atoms with Gasteiger partial charge in [0.1, 0.15) is 0 Å². The maximum Gasteiger partial charge on any atom is 0.221 e. The summed E-state index contributed by atoms with van der Waals surface area (Å²) in [4.78, 5) is 12.7. The largest absolute Gasteiger partial charge is 0.348 e. The Morgan fingerprint density at radius 3 is 2.80 bits per heavy atom. The van der Waals surface area contributed by atoms with Gasteiger partial charge in [-0.15, -0.1) is 11.3 Å². The fourth-order valence-electron chi connectivity index (χ4n) is 1.38. The second-order valence-electron chi connectivity index (χ2n) is 3.78. The number of amides is 1. The van der Waals surface area contributed by atoms with Gasteiger partial charge in [-0.3, -0.25) is 4.79 Å². The molecule has 0 aliphatic heterocycles. The standard InChI is InChI=1S/C11H17NOS2/c1-8(2)11(9-4-3-7-15-9)12-10(13)5-6-14/h3-4,7-8,11,14H,5-6H2,1-2H3,(H,12,13). The van der Waals surface area contributed by atoms with Crippen LogP contribution in [0, 0.1) is 5.92 Å². The van der Waals surface area contributed by atoms with Crippen LogP contribution in [0.15, 0.2) is 17.5 Å². The monoisotopic (exact) mass is 243 g/mol. The summed E-state index contributed by atoms with van der Waals surface area (Å²) in [7, 11) is 0. The number of thiol groups is 1. The van der Waals surface area contributed by atoms with Gasteiger partial charge >= 0.3 is 0 Å². The first-order valence-electron chi connectivity index (χ1n) is 5.08. The van der Waals surface area contributed by atoms with Crippen LogP contribution in [0.25, 0.3) is 0 Å². The molecule has 15 heavy (non-hydrogen) atoms. The Morgan fingerprint density at radius 1 is 1.60 bits per heavy atom. The zero-order chi connectivity index (χ0) is 11.3. The van der Waals surface area contributed by atoms with Crippen molar-refractivity contribution >= 4 is 29.9 Å². The molecule has 0 aromatic carbocycles. The van der Waals surface area contributed by atoms with E-state index < -0.39 is 0 Å². The molecule has 1 amide bonds. The van der Waals surface area contributed by atoms with E-state index in [2.05, 4.69) is 37.9 Å². The van der Waals surface area contributed by atoms with E-state index in [9.17, 15) is 4.79 Å². The normalized spacial score (nSPS) is 12.8. The molecule has 0 saturated heterocycles. The van der Waals surface area contributed by atoms with Crippen LogP contribution in [-0.4, -0.2) is 11.7 Å². The number of hydrogen-bond acceptors (Lipinski definition) is 3. The molecule has 0 aliphatic carbocycles. The van der Waals surface area contributed by atoms with E-state index >= 15 is 0 Å². The summed E-state index contributed by atoms with van der Waals surface area (Å²) in [6, 6.07) is 4.22. The van der Waals surface area contributed by atoms with Gasteiger partial charge in [0.2, 0.25) is 5.91 Å². The summed E-state index contributed by atoms with van der Waals surface area (Å²) in [5, 5.41) is 5.08. The first-order valence-corrected chi connectivity index (χ1v) is 6.60. The van der Waals surface area contributed by atoms with Crippen molar-refractivity contribution in [2.75, 3.05) is 5.75 Å². The predicted octanol–water partition coefficient (Wildman–Crippen LogP) is 2.88. The van der Waals surface area contributed by atoms with Crippen LogP contribution in [0.5, 0.6) is 0 Å². The molecule has 2 nitrogen and oxygen atoms in total. The van der Waals surface area contributed by atoms with E-state index in [1.807, 2.05) is 11.4 Å². The van der Waals surface area contributed by atoms with Gasteiger partial charge in [0, 0.05) is 11.3 Å². The summed E-state index contributed by atoms with van der Waals surface area (Å²) in [5.74, 6) is 1.09. The molecule has 0 bridgehead atoms. The van der Waals surface area contributed by atoms with Gasteiger partial charge in [-0.1, -0.05) is 19.9 Å². The predicted molar refractivity (Wildman–Crippen MR) is 68.5 cm³/mol. The van der Waals surface area contributed by atoms with Crippen LogP contribution in [-0.2, 0) is 4.79 Å². The minimum atomic E-state index is 0.0806. The lowest BCUT2D eigenvalue weighted by Gasteiger charge is -2.21. The zero-order valence-electron chi connectivity index (χ0n) is 9.06. The molecular formula is C11H17NOS2. The Bertz CT molecular complexity index is 296. The van der Waals surface area contributed by atoms with Crippen molar-refractivity contribution in [3.05, 3.63) is 22.4 Å². The highest BCUT2D eigenvalue weighted by atomic mass is 32.1. The van der Waals surface area contributed by atoms with E-state index in [0.717, 1.165) is 0 Å². The second-order valence-corrected chi connectivity index (χ2v) is 5.20. The average molecular weight is 243 g/mol. The van der Waals surface area contributed by atoms with Crippen molar-refractivity contribution in [2.24, 2.45) is 5.92 Å². The molecule has 1 N–H and O–H groups in total. The number of nitrogens with one attached hydrogen (secondary N) is 1. The van der Waals surface area contributed by atoms with Crippen molar-refractivity contribution < 1.29 is 4.79 Å². The van der Waals surface area contributed by atoms with Crippen molar-refractivity contribution in [2.45, 2.75) is 26.3 Å². The van der Waals surface area contributed by atoms with E-state index in [0.29, 0.717) is 18.1 Å². The third kappa shape index (κ3) is 3.87. The van der Waals surface area contributed by atoms with E-state index in [4.69, 9.17) is 0 Å². The number of hydrogen-bond donors (Lipinski definition) is 2. The second kappa shape index (κ2) is 6.18. The fraction of sp³-hybridized carbons (Fsp3) is 0.545. The lowest BCUT2D eigenvalue weighted by Crippen LogP contribution is -2.31. The van der Waals surface area contributed by atoms with Gasteiger partial charge in [0.05, 0.1) is 6.04 Å². The van der Waals surface area contributed by atoms with Gasteiger partial charge in [0.15, 0.2) is 0 Å². The van der Waals surface area contributed by atoms with Crippen molar-refractivity contribution in [1.29, 1.82) is 0 Å². The van der Waals surface area contributed by atoms with Crippen molar-refractivity contribution in [3.63, 3.8) is 0 Å². The van der Waals surface area contributed by atoms with Gasteiger partial charge < -0.3 is 5.32 Å². The highest BCUT2D eigenvalue weighted by Gasteiger charge is 2.18. The Balaban J connectivity index is 2.64. The van der Waals surface area contributed by atoms with Gasteiger partial charge in [-0.05, 0) is 23.1 Å². The Labute approximate surface area is 100 Å². The summed E-state index contributed by atoms with van der Waals surface area (Å²) in [6.45, 7) is 4.23. The molecule has 84 valence electrons. The van der Waals surface area contributed by atoms with Crippen molar-refractivity contribution in [3.8, 4) is 0 Å². The summed E-state index contributed by atoms with van der Waals surface area (Å²) >= 11 is 5.74. The zero-order valence-corrected chi connectivity index (χ0v) is 10.8. The first-order chi connectivity index (χ1) is 7.15. The van der Waals surface area contributed by atoms with E-state index in [1.165, 1.54) is 4.88 Å². The van der Waals surface area contributed by atoms with Gasteiger partial charge in [0.25, 0.3) is 0 Å². The Hall–Kier alpha value is -0.480. The number of rotatable bonds is 5. The van der Waals surface area contributed by atoms with Crippen LogP contribution >= 0.6 is 24.0 Å². The molecule has 1 rings (SSSR count). The van der Waals surface area contributed by atoms with E-state index in [1.54, 1.807) is 11.3 Å². The molecule has 0 fully saturated rings. The lowest BCUT2D eigenvalue weighted by atomic mass is 10.0. The molecule has 1 aromatic heterocycles. The number of carbonyl (C=O) groups excluding carboxylic acids is 1. The molecule has 0 radical (unpaired) electrons. The third-order valence-electron chi connectivity index (χ3n) is 2.17. The SMILES string of the molecule is CC(C)C(NC(=O)CCS)c1cccs1. The molecule has 0 saturated carbocycles. The lowest BCUT2D eigenvalue weighted by molar-refractivity contribution is -0.121. The Kier molecular flexibility index (Phi) is 5.19. The average Bonchev–Trinajstić information content (AvgIpc) is 2.66. The molecule has 1 atom stereocenters. The van der Waals surface area contributed by atoms with Gasteiger partial charge in [-0.2, -0.15) is 12.6 Å². The van der Waals surface area contributed by atoms with Crippen LogP contribution in [0.4, 0.5) is 0 Å². The summed E-state index contributed by atoms with van der Waals surface area (Å²) in [5.41, 5.74) is 0. The third-order valence-corrected chi connectivity index (χ3v) is 3.35. The molecule has 1 unspecified atom stereocenters. The van der Waals surface area contributed by atoms with Crippen LogP contribution < -0.4 is 5.32 Å². The molecule has 0 spiro atoms. The van der Waals surface area contributed by atoms with E-state index in [-0.39, 0.29) is 11.9 Å². The Morgan fingerprint density at radius 2 is 2.33 bits per heavy atom. The van der Waals surface area contributed by atoms with Crippen molar-refractivity contribution in [1.82, 2.24) is 5.32 Å².